The van der Waals surface area contributed by atoms with Crippen molar-refractivity contribution in [3.8, 4) is 0 Å². The number of aryl methyl sites for hydroxylation is 2. The van der Waals surface area contributed by atoms with Crippen LogP contribution >= 0.6 is 0 Å². The lowest BCUT2D eigenvalue weighted by molar-refractivity contribution is 0.0953. The Morgan fingerprint density at radius 2 is 1.77 bits per heavy atom. The van der Waals surface area contributed by atoms with Gasteiger partial charge in [0.2, 0.25) is 0 Å². The van der Waals surface area contributed by atoms with Crippen molar-refractivity contribution < 1.29 is 4.79 Å². The summed E-state index contributed by atoms with van der Waals surface area (Å²) in [5.41, 5.74) is 7.35. The van der Waals surface area contributed by atoms with E-state index in [2.05, 4.69) is 61.6 Å². The van der Waals surface area contributed by atoms with E-state index >= 15 is 0 Å². The first-order valence-electron chi connectivity index (χ1n) is 9.94. The molecule has 0 aliphatic heterocycles. The molecule has 0 fully saturated rings. The van der Waals surface area contributed by atoms with E-state index in [9.17, 15) is 4.79 Å². The topological polar surface area (TPSA) is 29.1 Å². The van der Waals surface area contributed by atoms with E-state index < -0.39 is 0 Å². The summed E-state index contributed by atoms with van der Waals surface area (Å²) in [5.74, 6) is 0.0358. The van der Waals surface area contributed by atoms with Gasteiger partial charge in [0, 0.05) is 12.1 Å². The van der Waals surface area contributed by atoms with Crippen LogP contribution in [-0.4, -0.2) is 12.5 Å². The Labute approximate surface area is 157 Å². The fourth-order valence-electron chi connectivity index (χ4n) is 3.59. The molecule has 136 valence electrons. The molecule has 1 amide bonds. The second-order valence-electron chi connectivity index (χ2n) is 7.05. The highest BCUT2D eigenvalue weighted by atomic mass is 16.1. The maximum Gasteiger partial charge on any atom is 0.251 e. The Balaban J connectivity index is 2.00. The summed E-state index contributed by atoms with van der Waals surface area (Å²) >= 11 is 0. The summed E-state index contributed by atoms with van der Waals surface area (Å²) in [5, 5.41) is 3.04. The molecule has 26 heavy (non-hydrogen) atoms. The summed E-state index contributed by atoms with van der Waals surface area (Å²) in [6, 6.07) is 14.9. The van der Waals surface area contributed by atoms with Crippen LogP contribution < -0.4 is 5.32 Å². The van der Waals surface area contributed by atoms with E-state index in [-0.39, 0.29) is 5.91 Å². The van der Waals surface area contributed by atoms with Gasteiger partial charge in [0.05, 0.1) is 0 Å². The first-order valence-corrected chi connectivity index (χ1v) is 9.94. The lowest BCUT2D eigenvalue weighted by atomic mass is 9.91. The molecule has 2 nitrogen and oxygen atoms in total. The van der Waals surface area contributed by atoms with E-state index in [1.54, 1.807) is 0 Å². The lowest BCUT2D eigenvalue weighted by Gasteiger charge is -2.14. The van der Waals surface area contributed by atoms with Crippen LogP contribution in [-0.2, 0) is 12.8 Å². The molecule has 0 spiro atoms. The molecule has 1 N–H and O–H groups in total. The molecule has 0 saturated heterocycles. The molecule has 0 bridgehead atoms. The third-order valence-electron chi connectivity index (χ3n) is 5.09. The molecular weight excluding hydrogens is 318 g/mol. The molecule has 0 radical (unpaired) electrons. The van der Waals surface area contributed by atoms with Gasteiger partial charge >= 0.3 is 0 Å². The van der Waals surface area contributed by atoms with Crippen molar-refractivity contribution in [2.24, 2.45) is 0 Å². The highest BCUT2D eigenvalue weighted by Crippen LogP contribution is 2.34. The maximum atomic E-state index is 12.5. The molecular formula is C24H29NO. The fraction of sp³-hybridized carbons (Fsp3) is 0.375. The molecule has 0 aromatic heterocycles. The Bertz CT molecular complexity index is 804. The second kappa shape index (κ2) is 8.84. The Hall–Kier alpha value is -2.35. The Kier molecular flexibility index (Phi) is 6.27. The van der Waals surface area contributed by atoms with Crippen molar-refractivity contribution in [1.29, 1.82) is 0 Å². The lowest BCUT2D eigenvalue weighted by Crippen LogP contribution is -2.24. The third kappa shape index (κ3) is 4.07. The van der Waals surface area contributed by atoms with Gasteiger partial charge < -0.3 is 5.32 Å². The number of allylic oxidation sites excluding steroid dienone is 1. The van der Waals surface area contributed by atoms with Gasteiger partial charge in [-0.2, -0.15) is 0 Å². The first-order chi connectivity index (χ1) is 12.7. The van der Waals surface area contributed by atoms with Gasteiger partial charge in [-0.15, -0.1) is 0 Å². The van der Waals surface area contributed by atoms with Crippen LogP contribution in [0, 0.1) is 0 Å². The van der Waals surface area contributed by atoms with Gasteiger partial charge in [-0.3, -0.25) is 4.79 Å². The van der Waals surface area contributed by atoms with Crippen molar-refractivity contribution in [1.82, 2.24) is 5.32 Å². The van der Waals surface area contributed by atoms with Crippen LogP contribution in [0.5, 0.6) is 0 Å². The summed E-state index contributed by atoms with van der Waals surface area (Å²) in [7, 11) is 0. The first kappa shape index (κ1) is 18.4. The minimum absolute atomic E-state index is 0.0358. The van der Waals surface area contributed by atoms with Crippen molar-refractivity contribution in [3.63, 3.8) is 0 Å². The Morgan fingerprint density at radius 1 is 1.00 bits per heavy atom. The summed E-state index contributed by atoms with van der Waals surface area (Å²) < 4.78 is 0. The zero-order valence-corrected chi connectivity index (χ0v) is 16.0. The minimum Gasteiger partial charge on any atom is -0.352 e. The molecule has 2 aromatic rings. The number of nitrogens with one attached hydrogen (secondary N) is 1. The molecule has 1 aliphatic rings. The highest BCUT2D eigenvalue weighted by molar-refractivity contribution is 5.96. The number of carbonyl (C=O) groups excluding carboxylic acids is 1. The molecule has 2 heteroatoms. The van der Waals surface area contributed by atoms with Gasteiger partial charge in [-0.05, 0) is 65.6 Å². The normalized spacial score (nSPS) is 14.5. The Morgan fingerprint density at radius 3 is 2.54 bits per heavy atom. The zero-order valence-electron chi connectivity index (χ0n) is 16.0. The number of hydrogen-bond donors (Lipinski definition) is 1. The van der Waals surface area contributed by atoms with Gasteiger partial charge in [-0.1, -0.05) is 63.1 Å². The van der Waals surface area contributed by atoms with Crippen molar-refractivity contribution in [2.75, 3.05) is 6.54 Å². The van der Waals surface area contributed by atoms with Crippen molar-refractivity contribution >= 4 is 11.5 Å². The smallest absolute Gasteiger partial charge is 0.251 e. The van der Waals surface area contributed by atoms with Gasteiger partial charge in [0.15, 0.2) is 0 Å². The van der Waals surface area contributed by atoms with Crippen LogP contribution in [0.2, 0.25) is 0 Å². The predicted molar refractivity (Wildman–Crippen MR) is 110 cm³/mol. The molecule has 0 unspecified atom stereocenters. The van der Waals surface area contributed by atoms with Gasteiger partial charge in [-0.25, -0.2) is 0 Å². The van der Waals surface area contributed by atoms with Crippen LogP contribution in [0.3, 0.4) is 0 Å². The quantitative estimate of drug-likeness (QED) is 0.682. The SMILES string of the molecule is CCC/C=C1\c2ccccc2CCc2ccc(C(=O)NCCCC)cc21. The largest absolute Gasteiger partial charge is 0.352 e. The van der Waals surface area contributed by atoms with E-state index in [1.807, 2.05) is 6.07 Å². The van der Waals surface area contributed by atoms with Crippen LogP contribution in [0.4, 0.5) is 0 Å². The summed E-state index contributed by atoms with van der Waals surface area (Å²) in [4.78, 5) is 12.5. The number of benzene rings is 2. The minimum atomic E-state index is 0.0358. The van der Waals surface area contributed by atoms with E-state index in [1.165, 1.54) is 27.8 Å². The average Bonchev–Trinajstić information content (AvgIpc) is 2.83. The van der Waals surface area contributed by atoms with E-state index in [0.29, 0.717) is 0 Å². The molecule has 3 rings (SSSR count). The maximum absolute atomic E-state index is 12.5. The second-order valence-corrected chi connectivity index (χ2v) is 7.05. The van der Waals surface area contributed by atoms with Crippen molar-refractivity contribution in [3.05, 3.63) is 76.4 Å². The number of amides is 1. The van der Waals surface area contributed by atoms with Gasteiger partial charge in [0.25, 0.3) is 5.91 Å². The monoisotopic (exact) mass is 347 g/mol. The van der Waals surface area contributed by atoms with Crippen LogP contribution in [0.25, 0.3) is 5.57 Å². The summed E-state index contributed by atoms with van der Waals surface area (Å²) in [6.45, 7) is 5.09. The van der Waals surface area contributed by atoms with E-state index in [0.717, 1.165) is 50.6 Å². The molecule has 0 heterocycles. The number of unbranched alkanes of at least 4 members (excludes halogenated alkanes) is 2. The van der Waals surface area contributed by atoms with Crippen molar-refractivity contribution in [2.45, 2.75) is 52.4 Å². The van der Waals surface area contributed by atoms with Gasteiger partial charge in [0.1, 0.15) is 0 Å². The van der Waals surface area contributed by atoms with E-state index in [4.69, 9.17) is 0 Å². The summed E-state index contributed by atoms with van der Waals surface area (Å²) in [6.07, 6.45) is 8.70. The number of hydrogen-bond acceptors (Lipinski definition) is 1. The molecule has 2 aromatic carbocycles. The third-order valence-corrected chi connectivity index (χ3v) is 5.09. The molecule has 1 aliphatic carbocycles. The highest BCUT2D eigenvalue weighted by Gasteiger charge is 2.19. The molecule has 0 atom stereocenters. The number of carbonyl (C=O) groups is 1. The standard InChI is InChI=1S/C24H29NO/c1-3-5-10-22-21-11-8-7-9-18(21)12-13-19-14-15-20(17-23(19)22)24(26)25-16-6-4-2/h7-11,14-15,17H,3-6,12-13,16H2,1-2H3,(H,25,26)/b22-10+. The zero-order chi connectivity index (χ0) is 18.4. The molecule has 0 saturated carbocycles. The predicted octanol–water partition coefficient (Wildman–Crippen LogP) is 5.55. The van der Waals surface area contributed by atoms with Crippen LogP contribution in [0.1, 0.15) is 72.1 Å². The number of rotatable bonds is 6. The fourth-order valence-corrected chi connectivity index (χ4v) is 3.59. The number of fused-ring (bicyclic) bond motifs is 2. The average molecular weight is 348 g/mol. The van der Waals surface area contributed by atoms with Crippen LogP contribution in [0.15, 0.2) is 48.5 Å².